The van der Waals surface area contributed by atoms with Crippen LogP contribution in [0.25, 0.3) is 16.9 Å². The zero-order valence-electron chi connectivity index (χ0n) is 31.9. The van der Waals surface area contributed by atoms with Gasteiger partial charge in [-0.15, -0.1) is 0 Å². The first kappa shape index (κ1) is 41.2. The van der Waals surface area contributed by atoms with Crippen LogP contribution in [0, 0.1) is 52.2 Å². The third-order valence-corrected chi connectivity index (χ3v) is 15.0. The topological polar surface area (TPSA) is 165 Å². The highest BCUT2D eigenvalue weighted by Crippen LogP contribution is 2.68. The fourth-order valence-corrected chi connectivity index (χ4v) is 11.8. The van der Waals surface area contributed by atoms with Crippen LogP contribution in [0.2, 0.25) is 0 Å². The third-order valence-electron chi connectivity index (χ3n) is 14.0. The number of hydrogen-bond acceptors (Lipinski definition) is 7. The molecule has 0 amide bonds. The van der Waals surface area contributed by atoms with Gasteiger partial charge in [-0.2, -0.15) is 5.10 Å². The molecule has 10 nitrogen and oxygen atoms in total. The summed E-state index contributed by atoms with van der Waals surface area (Å²) in [6.07, 6.45) is 6.36. The molecule has 0 unspecified atom stereocenters. The van der Waals surface area contributed by atoms with E-state index in [0.717, 1.165) is 44.2 Å². The maximum absolute atomic E-state index is 14.0. The molecule has 7 rings (SSSR count). The van der Waals surface area contributed by atoms with Gasteiger partial charge in [0, 0.05) is 12.0 Å². The van der Waals surface area contributed by atoms with Crippen LogP contribution < -0.4 is 9.88 Å². The molecule has 302 valence electrons. The van der Waals surface area contributed by atoms with Gasteiger partial charge in [0.15, 0.2) is 11.6 Å². The first-order valence-corrected chi connectivity index (χ1v) is 20.8. The normalized spacial score (nSPS) is 32.1. The van der Waals surface area contributed by atoms with E-state index in [1.807, 2.05) is 0 Å². The summed E-state index contributed by atoms with van der Waals surface area (Å²) in [7, 11) is -2.59. The number of hydrogen-bond donors (Lipinski definition) is 4. The summed E-state index contributed by atoms with van der Waals surface area (Å²) in [6.45, 7) is 7.16. The van der Waals surface area contributed by atoms with E-state index >= 15 is 0 Å². The van der Waals surface area contributed by atoms with Gasteiger partial charge in [-0.1, -0.05) is 20.8 Å². The van der Waals surface area contributed by atoms with Crippen LogP contribution in [0.1, 0.15) is 97.1 Å². The van der Waals surface area contributed by atoms with E-state index in [9.17, 15) is 36.6 Å². The largest absolute Gasteiger partial charge is 0.494 e. The predicted molar refractivity (Wildman–Crippen MR) is 200 cm³/mol. The van der Waals surface area contributed by atoms with Crippen molar-refractivity contribution in [3.05, 3.63) is 60.0 Å². The molecule has 4 saturated carbocycles. The number of sulfonamides is 1. The predicted octanol–water partition coefficient (Wildman–Crippen LogP) is 7.75. The Bertz CT molecular complexity index is 1960. The number of ether oxygens (including phenoxy) is 1. The minimum absolute atomic E-state index is 0.0106. The van der Waals surface area contributed by atoms with E-state index in [1.54, 1.807) is 0 Å². The van der Waals surface area contributed by atoms with E-state index in [-0.39, 0.29) is 45.8 Å². The lowest BCUT2D eigenvalue weighted by molar-refractivity contribution is -0.174. The van der Waals surface area contributed by atoms with E-state index < -0.39 is 33.9 Å². The lowest BCUT2D eigenvalue weighted by Gasteiger charge is -2.62. The molecule has 4 aliphatic rings. The molecule has 0 saturated heterocycles. The van der Waals surface area contributed by atoms with Gasteiger partial charge in [-0.3, -0.25) is 4.79 Å². The highest BCUT2D eigenvalue weighted by atomic mass is 32.2. The van der Waals surface area contributed by atoms with Crippen molar-refractivity contribution < 1.29 is 46.4 Å². The number of nitrogens with two attached hydrogens (primary N) is 1. The van der Waals surface area contributed by atoms with Crippen molar-refractivity contribution in [1.29, 1.82) is 0 Å². The average Bonchev–Trinajstić information content (AvgIpc) is 3.74. The SMILES string of the molecule is COc1ccc(-c2cc(C(F)F)nn2-c2ccc(S(N)(=O)=O)cc2)cc1F.C[C@H](CCC(=O)O)[C@H]1CC[C@H]2[C@@H]3[C@@H](O)C[C@@H]4C[C@H](O)CC[C@]4(C)[C@H]3CC[C@]12C. The number of halogens is 3. The van der Waals surface area contributed by atoms with Crippen LogP contribution in [0.5, 0.6) is 5.75 Å². The van der Waals surface area contributed by atoms with Crippen molar-refractivity contribution in [2.45, 2.75) is 109 Å². The van der Waals surface area contributed by atoms with Crippen molar-refractivity contribution >= 4 is 16.0 Å². The Kier molecular flexibility index (Phi) is 11.8. The second kappa shape index (κ2) is 15.8. The molecule has 14 heteroatoms. The van der Waals surface area contributed by atoms with Gasteiger partial charge in [-0.25, -0.2) is 31.4 Å². The third kappa shape index (κ3) is 8.06. The molecule has 0 spiro atoms. The molecular formula is C41H54F3N3O7S. The molecular weight excluding hydrogens is 736 g/mol. The van der Waals surface area contributed by atoms with Gasteiger partial charge in [0.2, 0.25) is 10.0 Å². The van der Waals surface area contributed by atoms with Crippen molar-refractivity contribution in [3.8, 4) is 22.7 Å². The second-order valence-corrected chi connectivity index (χ2v) is 18.5. The summed E-state index contributed by atoms with van der Waals surface area (Å²) in [4.78, 5) is 10.9. The van der Waals surface area contributed by atoms with Gasteiger partial charge in [-0.05, 0) is 153 Å². The molecule has 2 aromatic carbocycles. The van der Waals surface area contributed by atoms with Crippen LogP contribution >= 0.6 is 0 Å². The van der Waals surface area contributed by atoms with Gasteiger partial charge < -0.3 is 20.1 Å². The van der Waals surface area contributed by atoms with Gasteiger partial charge in [0.05, 0.1) is 35.6 Å². The number of methoxy groups -OCH3 is 1. The molecule has 1 aromatic heterocycles. The summed E-state index contributed by atoms with van der Waals surface area (Å²) in [5.74, 6) is 1.71. The maximum atomic E-state index is 14.0. The lowest BCUT2D eigenvalue weighted by atomic mass is 9.43. The number of aliphatic hydroxyl groups excluding tert-OH is 2. The lowest BCUT2D eigenvalue weighted by Crippen LogP contribution is -2.58. The smallest absolute Gasteiger partial charge is 0.303 e. The van der Waals surface area contributed by atoms with Gasteiger partial charge >= 0.3 is 5.97 Å². The number of nitrogens with zero attached hydrogens (tertiary/aromatic N) is 2. The fraction of sp³-hybridized carbons (Fsp3) is 0.610. The van der Waals surface area contributed by atoms with E-state index in [1.165, 1.54) is 73.9 Å². The van der Waals surface area contributed by atoms with E-state index in [0.29, 0.717) is 46.8 Å². The molecule has 0 radical (unpaired) electrons. The monoisotopic (exact) mass is 789 g/mol. The number of alkyl halides is 2. The Balaban J connectivity index is 0.000000187. The molecule has 55 heavy (non-hydrogen) atoms. The first-order valence-electron chi connectivity index (χ1n) is 19.3. The van der Waals surface area contributed by atoms with Crippen LogP contribution in [-0.4, -0.2) is 58.8 Å². The minimum Gasteiger partial charge on any atom is -0.494 e. The molecule has 0 aliphatic heterocycles. The van der Waals surface area contributed by atoms with Gasteiger partial charge in [0.25, 0.3) is 6.43 Å². The van der Waals surface area contributed by atoms with E-state index in [4.69, 9.17) is 15.0 Å². The molecule has 5 N–H and O–H groups in total. The minimum atomic E-state index is -3.90. The van der Waals surface area contributed by atoms with Crippen molar-refractivity contribution in [2.75, 3.05) is 7.11 Å². The number of primary sulfonamides is 1. The Morgan fingerprint density at radius 3 is 2.29 bits per heavy atom. The first-order chi connectivity index (χ1) is 25.9. The maximum Gasteiger partial charge on any atom is 0.303 e. The fourth-order valence-electron chi connectivity index (χ4n) is 11.2. The Labute approximate surface area is 321 Å². The molecule has 10 atom stereocenters. The van der Waals surface area contributed by atoms with Crippen molar-refractivity contribution in [1.82, 2.24) is 9.78 Å². The van der Waals surface area contributed by atoms with Crippen LogP contribution in [0.4, 0.5) is 13.2 Å². The summed E-state index contributed by atoms with van der Waals surface area (Å²) in [6, 6.07) is 10.3. The quantitative estimate of drug-likeness (QED) is 0.171. The Morgan fingerprint density at radius 1 is 1.00 bits per heavy atom. The summed E-state index contributed by atoms with van der Waals surface area (Å²) in [5, 5.41) is 39.4. The highest BCUT2D eigenvalue weighted by Gasteiger charge is 2.62. The Hall–Kier alpha value is -3.46. The standard InChI is InChI=1S/C24H40O4.C17H14F3N3O3S/c1-14(4-7-21(27)28)17-5-6-18-22-19(9-11-24(17,18)3)23(2)10-8-16(25)12-15(23)13-20(22)26;1-26-16-7-2-10(8-13(16)18)15-9-14(17(19)20)22-23(15)11-3-5-12(6-4-11)27(21,24)25/h14-20,22,25-26H,4-13H2,1-3H3,(H,27,28);2-9,17H,1H3,(H2,21,24,25)/t14-,15+,16-,17-,18+,19+,20+,22+,23+,24-;/m1./s1. The summed E-state index contributed by atoms with van der Waals surface area (Å²) in [5.41, 5.74) is 0.824. The Morgan fingerprint density at radius 2 is 1.67 bits per heavy atom. The molecule has 0 bridgehead atoms. The van der Waals surface area contributed by atoms with Crippen molar-refractivity contribution in [3.63, 3.8) is 0 Å². The number of aromatic nitrogens is 2. The summed E-state index contributed by atoms with van der Waals surface area (Å²) >= 11 is 0. The molecule has 1 heterocycles. The van der Waals surface area contributed by atoms with Crippen LogP contribution in [0.15, 0.2) is 53.4 Å². The number of carbonyl (C=O) groups is 1. The van der Waals surface area contributed by atoms with Gasteiger partial charge in [0.1, 0.15) is 5.69 Å². The van der Waals surface area contributed by atoms with Crippen molar-refractivity contribution in [2.24, 2.45) is 51.5 Å². The molecule has 4 aliphatic carbocycles. The number of carboxylic acids is 1. The molecule has 4 fully saturated rings. The zero-order chi connectivity index (χ0) is 40.0. The van der Waals surface area contributed by atoms with Crippen LogP contribution in [0.3, 0.4) is 0 Å². The average molecular weight is 790 g/mol. The number of aliphatic hydroxyl groups is 2. The molecule has 3 aromatic rings. The number of carboxylic acid groups (broad SMARTS) is 1. The number of benzene rings is 2. The summed E-state index contributed by atoms with van der Waals surface area (Å²) < 4.78 is 69.1. The number of fused-ring (bicyclic) bond motifs is 5. The van der Waals surface area contributed by atoms with E-state index in [2.05, 4.69) is 25.9 Å². The number of aliphatic carboxylic acids is 1. The second-order valence-electron chi connectivity index (χ2n) is 16.9. The zero-order valence-corrected chi connectivity index (χ0v) is 32.7. The number of rotatable bonds is 9. The highest BCUT2D eigenvalue weighted by molar-refractivity contribution is 7.89. The van der Waals surface area contributed by atoms with Crippen LogP contribution in [-0.2, 0) is 14.8 Å².